The number of nitrogens with zero attached hydrogens (tertiary/aromatic N) is 3. The summed E-state index contributed by atoms with van der Waals surface area (Å²) in [5.41, 5.74) is 1.66. The van der Waals surface area contributed by atoms with Gasteiger partial charge in [-0.05, 0) is 22.1 Å². The molecule has 2 amide bonds. The molecule has 0 radical (unpaired) electrons. The number of thiophene rings is 1. The molecule has 162 valence electrons. The fourth-order valence-corrected chi connectivity index (χ4v) is 6.96. The Morgan fingerprint density at radius 1 is 1.18 bits per heavy atom. The van der Waals surface area contributed by atoms with Gasteiger partial charge < -0.3 is 10.4 Å². The van der Waals surface area contributed by atoms with Gasteiger partial charge in [-0.1, -0.05) is 60.0 Å². The molecule has 7 nitrogen and oxygen atoms in total. The quantitative estimate of drug-likeness (QED) is 0.260. The smallest absolute Gasteiger partial charge is 0.863 e. The monoisotopic (exact) mass is 522 g/mol. The maximum Gasteiger partial charge on any atom is 1.00 e. The summed E-state index contributed by atoms with van der Waals surface area (Å²) >= 11 is 9.37. The molecule has 0 bridgehead atoms. The van der Waals surface area contributed by atoms with Crippen LogP contribution in [0, 0.1) is 0 Å². The number of nitrogens with one attached hydrogen (secondary N) is 1. The van der Waals surface area contributed by atoms with Crippen LogP contribution in [0.25, 0.3) is 15.5 Å². The van der Waals surface area contributed by atoms with E-state index in [1.165, 1.54) is 28.0 Å². The number of carbonyl (C=O) groups is 2. The Hall–Kier alpha value is -1.60. The fourth-order valence-electron chi connectivity index (χ4n) is 3.62. The topological polar surface area (TPSA) is 98.2 Å². The Labute approximate surface area is 229 Å². The predicted molar refractivity (Wildman–Crippen MR) is 128 cm³/mol. The number of amides is 2. The van der Waals surface area contributed by atoms with Crippen LogP contribution in [0.1, 0.15) is 10.6 Å². The Balaban J connectivity index is 0.00000259. The first-order chi connectivity index (χ1) is 15.5. The Morgan fingerprint density at radius 2 is 1.94 bits per heavy atom. The molecule has 33 heavy (non-hydrogen) atoms. The normalized spacial score (nSPS) is 19.4. The van der Waals surface area contributed by atoms with Gasteiger partial charge in [-0.15, -0.1) is 33.3 Å². The van der Waals surface area contributed by atoms with Gasteiger partial charge in [-0.25, -0.2) is 0 Å². The molecular weight excluding hydrogens is 508 g/mol. The van der Waals surface area contributed by atoms with Crippen molar-refractivity contribution in [2.45, 2.75) is 17.8 Å². The summed E-state index contributed by atoms with van der Waals surface area (Å²) in [6, 6.07) is 12.5. The molecule has 2 atom stereocenters. The van der Waals surface area contributed by atoms with Crippen molar-refractivity contribution in [1.82, 2.24) is 20.4 Å². The van der Waals surface area contributed by atoms with Crippen LogP contribution in [0.3, 0.4) is 0 Å². The standard InChI is InChI=1S/C21H16N4O3S4.Na/c26-14(9-11-5-2-1-3-6-11)22-15-19(27)25-16(21(28)29)12(10-31-20(15)25)17-23-24-18(32-17)13-7-4-8-30-13;/h1-8,15,20H,9-10H2,(H,22,26)(H,28,29);/q;+1/p-1/t15-,20-;/m1./s1. The van der Waals surface area contributed by atoms with E-state index in [4.69, 9.17) is 12.2 Å². The van der Waals surface area contributed by atoms with Crippen molar-refractivity contribution in [1.29, 1.82) is 0 Å². The van der Waals surface area contributed by atoms with Gasteiger partial charge in [0.05, 0.1) is 17.0 Å². The summed E-state index contributed by atoms with van der Waals surface area (Å²) in [6.07, 6.45) is 0.187. The maximum atomic E-state index is 12.9. The molecule has 2 aliphatic rings. The number of rotatable bonds is 6. The number of benzene rings is 1. The molecule has 3 aromatic rings. The van der Waals surface area contributed by atoms with Crippen LogP contribution >= 0.6 is 46.7 Å². The molecule has 2 aliphatic heterocycles. The van der Waals surface area contributed by atoms with E-state index in [1.54, 1.807) is 11.3 Å². The second kappa shape index (κ2) is 10.3. The zero-order chi connectivity index (χ0) is 22.2. The summed E-state index contributed by atoms with van der Waals surface area (Å²) in [4.78, 5) is 27.7. The van der Waals surface area contributed by atoms with E-state index in [9.17, 15) is 14.7 Å². The van der Waals surface area contributed by atoms with E-state index < -0.39 is 11.1 Å². The predicted octanol–water partition coefficient (Wildman–Crippen LogP) is -0.688. The summed E-state index contributed by atoms with van der Waals surface area (Å²) in [5.74, 6) is -0.117. The third-order valence-electron chi connectivity index (χ3n) is 5.10. The molecule has 12 heteroatoms. The molecular formula is C21H15N4NaO3S4. The van der Waals surface area contributed by atoms with Gasteiger partial charge in [0.25, 0.3) is 5.91 Å². The van der Waals surface area contributed by atoms with Gasteiger partial charge in [0, 0.05) is 11.3 Å². The van der Waals surface area contributed by atoms with Crippen molar-refractivity contribution in [3.63, 3.8) is 0 Å². The van der Waals surface area contributed by atoms with Gasteiger partial charge >= 0.3 is 29.6 Å². The molecule has 1 fully saturated rings. The number of fused-ring (bicyclic) bond motifs is 1. The molecule has 2 aromatic heterocycles. The minimum absolute atomic E-state index is 0. The minimum Gasteiger partial charge on any atom is -0.863 e. The van der Waals surface area contributed by atoms with Gasteiger partial charge in [-0.3, -0.25) is 14.5 Å². The van der Waals surface area contributed by atoms with Crippen LogP contribution in [-0.2, 0) is 16.0 Å². The van der Waals surface area contributed by atoms with Crippen molar-refractivity contribution >= 4 is 69.1 Å². The molecule has 4 heterocycles. The zero-order valence-corrected chi connectivity index (χ0v) is 22.7. The zero-order valence-electron chi connectivity index (χ0n) is 17.4. The average Bonchev–Trinajstić information content (AvgIpc) is 3.49. The van der Waals surface area contributed by atoms with Gasteiger partial charge in [0.15, 0.2) is 5.01 Å². The SMILES string of the molecule is O=C(Cc1ccccc1)N[C@@H]1C(=O)N2C(C([O-])=S)=C(c3nnc(-c4cccs4)s3)CS[C@H]12.[Na+]. The van der Waals surface area contributed by atoms with Crippen LogP contribution in [-0.4, -0.2) is 49.1 Å². The van der Waals surface area contributed by atoms with Gasteiger partial charge in [0.2, 0.25) is 5.91 Å². The van der Waals surface area contributed by atoms with Crippen molar-refractivity contribution < 1.29 is 44.3 Å². The molecule has 1 N–H and O–H groups in total. The summed E-state index contributed by atoms with van der Waals surface area (Å²) < 4.78 is 0. The van der Waals surface area contributed by atoms with E-state index in [0.29, 0.717) is 16.3 Å². The third-order valence-corrected chi connectivity index (χ3v) is 8.60. The first kappa shape index (κ1) is 24.5. The van der Waals surface area contributed by atoms with Crippen LogP contribution < -0.4 is 40.0 Å². The first-order valence-corrected chi connectivity index (χ1v) is 12.8. The first-order valence-electron chi connectivity index (χ1n) is 9.63. The third kappa shape index (κ3) is 4.81. The Morgan fingerprint density at radius 3 is 2.64 bits per heavy atom. The number of hydrogen-bond donors (Lipinski definition) is 1. The minimum atomic E-state index is -0.682. The number of aromatic nitrogens is 2. The molecule has 1 aromatic carbocycles. The van der Waals surface area contributed by atoms with E-state index in [2.05, 4.69) is 15.5 Å². The van der Waals surface area contributed by atoms with E-state index in [-0.39, 0.29) is 58.9 Å². The largest absolute Gasteiger partial charge is 1.00 e. The molecule has 0 aliphatic carbocycles. The van der Waals surface area contributed by atoms with E-state index in [0.717, 1.165) is 15.4 Å². The number of thioether (sulfide) groups is 1. The summed E-state index contributed by atoms with van der Waals surface area (Å²) in [7, 11) is 0. The van der Waals surface area contributed by atoms with Crippen LogP contribution in [0.2, 0.25) is 0 Å². The molecule has 5 rings (SSSR count). The Bertz CT molecular complexity index is 1230. The summed E-state index contributed by atoms with van der Waals surface area (Å²) in [5, 5.41) is 26.0. The van der Waals surface area contributed by atoms with Crippen LogP contribution in [0.15, 0.2) is 53.5 Å². The summed E-state index contributed by atoms with van der Waals surface area (Å²) in [6.45, 7) is 0. The number of thiocarbonyl (C=S) groups is 1. The van der Waals surface area contributed by atoms with Crippen LogP contribution in [0.4, 0.5) is 0 Å². The van der Waals surface area contributed by atoms with E-state index >= 15 is 0 Å². The second-order valence-corrected chi connectivity index (χ2v) is 10.5. The van der Waals surface area contributed by atoms with Crippen LogP contribution in [0.5, 0.6) is 0 Å². The molecule has 0 unspecified atom stereocenters. The number of hydrogen-bond acceptors (Lipinski definition) is 9. The van der Waals surface area contributed by atoms with Crippen molar-refractivity contribution in [3.05, 3.63) is 64.1 Å². The van der Waals surface area contributed by atoms with Gasteiger partial charge in [0.1, 0.15) is 16.4 Å². The number of carbonyl (C=O) groups excluding carboxylic acids is 2. The van der Waals surface area contributed by atoms with Crippen molar-refractivity contribution in [2.24, 2.45) is 0 Å². The van der Waals surface area contributed by atoms with Crippen molar-refractivity contribution in [3.8, 4) is 9.88 Å². The number of β-lactam (4-membered cyclic amide) rings is 1. The average molecular weight is 523 g/mol. The Kier molecular flexibility index (Phi) is 7.69. The van der Waals surface area contributed by atoms with Crippen molar-refractivity contribution in [2.75, 3.05) is 5.75 Å². The molecule has 1 saturated heterocycles. The molecule has 0 spiro atoms. The van der Waals surface area contributed by atoms with Gasteiger partial charge in [-0.2, -0.15) is 0 Å². The fraction of sp³-hybridized carbons (Fsp3) is 0.190. The van der Waals surface area contributed by atoms with E-state index in [1.807, 2.05) is 47.8 Å². The second-order valence-electron chi connectivity index (χ2n) is 7.12. The maximum absolute atomic E-state index is 12.9. The molecule has 0 saturated carbocycles.